The van der Waals surface area contributed by atoms with Crippen LogP contribution in [0.1, 0.15) is 26.0 Å². The van der Waals surface area contributed by atoms with Crippen molar-refractivity contribution in [1.29, 1.82) is 0 Å². The van der Waals surface area contributed by atoms with Gasteiger partial charge in [-0.1, -0.05) is 121 Å². The van der Waals surface area contributed by atoms with Crippen LogP contribution in [-0.4, -0.2) is 19.5 Å². The molecule has 238 valence electrons. The normalized spacial score (nSPS) is 17.1. The molecule has 0 spiro atoms. The van der Waals surface area contributed by atoms with Crippen LogP contribution in [0.3, 0.4) is 0 Å². The van der Waals surface area contributed by atoms with Crippen molar-refractivity contribution in [2.75, 3.05) is 0 Å². The van der Waals surface area contributed by atoms with Gasteiger partial charge in [-0.3, -0.25) is 4.57 Å². The Morgan fingerprint density at radius 2 is 1.24 bits per heavy atom. The smallest absolute Gasteiger partial charge is 0.238 e. The number of furan rings is 1. The number of hydrogen-bond acceptors (Lipinski definition) is 5. The SMILES string of the molecule is [2H]c1c([2H])c([2H])c(-c2c([2H])c([2H])c(-c3nc(-c4cccc5sc6ccccc6c45)nc(-n4c5c([2H])c([2H])c([2H])c([2H])c5c5c6oc7c([2H])c([2H])c([2H])c([2H])c7c6c([2H])c([2H])c54)n3)c([2H])c2[2H])c([2H])c1[2H]. The molecule has 11 rings (SSSR count). The number of nitrogens with zero attached hydrogens (tertiary/aromatic N) is 4. The second-order valence-corrected chi connectivity index (χ2v) is 12.4. The van der Waals surface area contributed by atoms with E-state index in [1.165, 1.54) is 11.3 Å². The summed E-state index contributed by atoms with van der Waals surface area (Å²) in [5.41, 5.74) is -2.72. The van der Waals surface area contributed by atoms with E-state index in [1.54, 1.807) is 12.1 Å². The number of hydrogen-bond donors (Lipinski definition) is 0. The molecular weight excluding hydrogens is 645 g/mol. The third-order valence-corrected chi connectivity index (χ3v) is 9.67. The summed E-state index contributed by atoms with van der Waals surface area (Å²) in [6.45, 7) is 0. The second-order valence-electron chi connectivity index (χ2n) is 11.4. The lowest BCUT2D eigenvalue weighted by molar-refractivity contribution is 0.673. The fourth-order valence-electron chi connectivity index (χ4n) is 6.36. The monoisotopic (exact) mass is 689 g/mol. The van der Waals surface area contributed by atoms with Crippen molar-refractivity contribution in [3.8, 4) is 39.9 Å². The first-order valence-corrected chi connectivity index (χ1v) is 16.2. The minimum atomic E-state index is -0.816. The van der Waals surface area contributed by atoms with Crippen LogP contribution in [-0.2, 0) is 0 Å². The van der Waals surface area contributed by atoms with Gasteiger partial charge in [0.05, 0.1) is 42.5 Å². The quantitative estimate of drug-likeness (QED) is 0.185. The van der Waals surface area contributed by atoms with Crippen molar-refractivity contribution in [3.05, 3.63) is 157 Å². The molecule has 0 saturated carbocycles. The lowest BCUT2D eigenvalue weighted by Gasteiger charge is -2.12. The van der Waals surface area contributed by atoms with Crippen LogP contribution in [0.5, 0.6) is 0 Å². The third kappa shape index (κ3) is 4.30. The number of thiophene rings is 1. The van der Waals surface area contributed by atoms with Gasteiger partial charge >= 0.3 is 0 Å². The zero-order valence-corrected chi connectivity index (χ0v) is 26.5. The first-order valence-electron chi connectivity index (χ1n) is 24.9. The maximum absolute atomic E-state index is 9.59. The van der Waals surface area contributed by atoms with Crippen LogP contribution in [0, 0.1) is 0 Å². The number of para-hydroxylation sites is 2. The average Bonchev–Trinajstić information content (AvgIpc) is 4.06. The van der Waals surface area contributed by atoms with Crippen LogP contribution in [0.25, 0.3) is 104 Å². The highest BCUT2D eigenvalue weighted by Crippen LogP contribution is 2.42. The average molecular weight is 690 g/mol. The van der Waals surface area contributed by atoms with Gasteiger partial charge in [-0.15, -0.1) is 11.3 Å². The highest BCUT2D eigenvalue weighted by Gasteiger charge is 2.22. The van der Waals surface area contributed by atoms with Gasteiger partial charge in [0.2, 0.25) is 5.95 Å². The van der Waals surface area contributed by atoms with Crippen LogP contribution in [0.15, 0.2) is 162 Å². The van der Waals surface area contributed by atoms with E-state index in [4.69, 9.17) is 34.4 Å². The van der Waals surface area contributed by atoms with Gasteiger partial charge in [0.1, 0.15) is 11.2 Å². The Labute approximate surface area is 322 Å². The lowest BCUT2D eigenvalue weighted by Crippen LogP contribution is -2.06. The molecule has 0 atom stereocenters. The highest BCUT2D eigenvalue weighted by atomic mass is 32.1. The molecule has 51 heavy (non-hydrogen) atoms. The Morgan fingerprint density at radius 1 is 0.510 bits per heavy atom. The molecule has 4 aromatic heterocycles. The maximum Gasteiger partial charge on any atom is 0.238 e. The largest absolute Gasteiger partial charge is 0.455 e. The Balaban J connectivity index is 1.33. The van der Waals surface area contributed by atoms with E-state index in [0.717, 1.165) is 19.4 Å². The molecule has 0 aliphatic carbocycles. The number of fused-ring (bicyclic) bond motifs is 10. The minimum absolute atomic E-state index is 0.150. The minimum Gasteiger partial charge on any atom is -0.455 e. The number of aromatic nitrogens is 4. The fourth-order valence-corrected chi connectivity index (χ4v) is 7.49. The summed E-state index contributed by atoms with van der Waals surface area (Å²) in [6.07, 6.45) is 0. The standard InChI is InChI=1S/C45H26N4OS/c1-2-11-27(12-3-1)28-21-23-29(24-22-28)43-46-44(34-16-10-20-39-40(34)33-15-6-9-19-38(33)51-39)48-45(47-43)49-35-17-7-4-14-32(35)41-36(49)26-25-31-30-13-5-8-18-37(30)50-42(31)41/h1-26H/i1D,2D,3D,4D,5D,7D,8D,11D,12D,13D,14D,17D,18D,21D,22D,23D,24D,25D,26D. The Morgan fingerprint density at radius 3 is 2.14 bits per heavy atom. The summed E-state index contributed by atoms with van der Waals surface area (Å²) in [5.74, 6) is -1.17. The topological polar surface area (TPSA) is 56.7 Å². The van der Waals surface area contributed by atoms with E-state index in [1.807, 2.05) is 30.3 Å². The van der Waals surface area contributed by atoms with E-state index in [-0.39, 0.29) is 49.6 Å². The molecule has 0 fully saturated rings. The fraction of sp³-hybridized carbons (Fsp3) is 0. The molecule has 0 saturated heterocycles. The Kier molecular flexibility index (Phi) is 3.32. The summed E-state index contributed by atoms with van der Waals surface area (Å²) in [6, 6.07) is -0.745. The van der Waals surface area contributed by atoms with Gasteiger partial charge < -0.3 is 4.42 Å². The molecule has 4 heterocycles. The first kappa shape index (κ1) is 15.5. The number of rotatable bonds is 4. The Hall–Kier alpha value is -6.63. The first-order chi connectivity index (χ1) is 33.2. The van der Waals surface area contributed by atoms with Gasteiger partial charge in [-0.05, 0) is 47.4 Å². The Bertz CT molecular complexity index is 4200. The summed E-state index contributed by atoms with van der Waals surface area (Å²) >= 11 is 1.46. The van der Waals surface area contributed by atoms with Crippen LogP contribution in [0.2, 0.25) is 0 Å². The maximum atomic E-state index is 9.59. The predicted molar refractivity (Wildman–Crippen MR) is 211 cm³/mol. The molecule has 0 radical (unpaired) electrons. The number of benzene rings is 7. The molecule has 0 bridgehead atoms. The van der Waals surface area contributed by atoms with Crippen molar-refractivity contribution in [2.24, 2.45) is 0 Å². The highest BCUT2D eigenvalue weighted by molar-refractivity contribution is 7.25. The van der Waals surface area contributed by atoms with E-state index >= 15 is 0 Å². The van der Waals surface area contributed by atoms with Gasteiger partial charge in [0.25, 0.3) is 0 Å². The molecule has 6 heteroatoms. The van der Waals surface area contributed by atoms with Crippen LogP contribution in [0.4, 0.5) is 0 Å². The van der Waals surface area contributed by atoms with Crippen molar-refractivity contribution >= 4 is 75.3 Å². The van der Waals surface area contributed by atoms with Gasteiger partial charge in [-0.25, -0.2) is 4.98 Å². The summed E-state index contributed by atoms with van der Waals surface area (Å²) in [5, 5.41) is 0.503. The lowest BCUT2D eigenvalue weighted by atomic mass is 10.0. The second kappa shape index (κ2) is 10.9. The van der Waals surface area contributed by atoms with E-state index in [0.29, 0.717) is 10.9 Å². The van der Waals surface area contributed by atoms with Crippen molar-refractivity contribution in [2.45, 2.75) is 0 Å². The predicted octanol–water partition coefficient (Wildman–Crippen LogP) is 12.2. The van der Waals surface area contributed by atoms with E-state index in [2.05, 4.69) is 0 Å². The molecule has 0 amide bonds. The van der Waals surface area contributed by atoms with Crippen molar-refractivity contribution < 1.29 is 30.5 Å². The van der Waals surface area contributed by atoms with Gasteiger partial charge in [0.15, 0.2) is 11.6 Å². The van der Waals surface area contributed by atoms with Gasteiger partial charge in [-0.2, -0.15) is 9.97 Å². The summed E-state index contributed by atoms with van der Waals surface area (Å²) in [4.78, 5) is 14.3. The van der Waals surface area contributed by atoms with Crippen LogP contribution < -0.4 is 0 Å². The third-order valence-electron chi connectivity index (χ3n) is 8.53. The van der Waals surface area contributed by atoms with Crippen molar-refractivity contribution in [1.82, 2.24) is 19.5 Å². The molecule has 0 aliphatic heterocycles. The van der Waals surface area contributed by atoms with Crippen LogP contribution >= 0.6 is 11.3 Å². The summed E-state index contributed by atoms with van der Waals surface area (Å²) < 4.78 is 177. The van der Waals surface area contributed by atoms with E-state index < -0.39 is 143 Å². The molecule has 11 aromatic rings. The summed E-state index contributed by atoms with van der Waals surface area (Å²) in [7, 11) is 0. The molecule has 5 nitrogen and oxygen atoms in total. The molecule has 0 unspecified atom stereocenters. The zero-order chi connectivity index (χ0) is 50.0. The molecule has 0 N–H and O–H groups in total. The molecule has 7 aromatic carbocycles. The van der Waals surface area contributed by atoms with Gasteiger partial charge in [0, 0.05) is 47.5 Å². The molecule has 0 aliphatic rings. The van der Waals surface area contributed by atoms with E-state index in [9.17, 15) is 11.0 Å². The molecular formula is C45H26N4OS. The zero-order valence-electron chi connectivity index (χ0n) is 44.6. The van der Waals surface area contributed by atoms with Crippen molar-refractivity contribution in [3.63, 3.8) is 0 Å².